The number of carbonyl (C=O) groups is 2. The maximum atomic E-state index is 12.7. The van der Waals surface area contributed by atoms with Gasteiger partial charge in [0, 0.05) is 12.1 Å². The molecule has 2 aromatic rings. The van der Waals surface area contributed by atoms with Gasteiger partial charge in [-0.25, -0.2) is 0 Å². The van der Waals surface area contributed by atoms with Crippen LogP contribution in [0.4, 0.5) is 0 Å². The molecule has 0 unspecified atom stereocenters. The molecule has 0 saturated heterocycles. The van der Waals surface area contributed by atoms with E-state index < -0.39 is 5.97 Å². The largest absolute Gasteiger partial charge is 0.480 e. The normalized spacial score (nSPS) is 18.6. The molecule has 0 aromatic heterocycles. The third kappa shape index (κ3) is 4.86. The highest BCUT2D eigenvalue weighted by Gasteiger charge is 2.35. The van der Waals surface area contributed by atoms with Crippen LogP contribution in [-0.2, 0) is 4.79 Å². The molecule has 3 rings (SSSR count). The number of ether oxygens (including phenoxy) is 1. The van der Waals surface area contributed by atoms with Crippen LogP contribution >= 0.6 is 0 Å². The van der Waals surface area contributed by atoms with Crippen molar-refractivity contribution in [3.05, 3.63) is 60.2 Å². The molecule has 0 bridgehead atoms. The number of aliphatic carboxylic acids is 1. The topological polar surface area (TPSA) is 78.9 Å². The number of hydrogen-bond acceptors (Lipinski definition) is 4. The zero-order valence-electron chi connectivity index (χ0n) is 15.3. The van der Waals surface area contributed by atoms with Crippen molar-refractivity contribution in [2.75, 3.05) is 13.1 Å². The quantitative estimate of drug-likeness (QED) is 0.748. The van der Waals surface area contributed by atoms with Gasteiger partial charge in [0.05, 0.1) is 12.1 Å². The van der Waals surface area contributed by atoms with Crippen LogP contribution in [0.5, 0.6) is 11.5 Å². The lowest BCUT2D eigenvalue weighted by Crippen LogP contribution is -2.54. The fourth-order valence-corrected chi connectivity index (χ4v) is 3.30. The van der Waals surface area contributed by atoms with Crippen LogP contribution in [0, 0.1) is 0 Å². The molecule has 1 aliphatic rings. The molecule has 6 nitrogen and oxygen atoms in total. The van der Waals surface area contributed by atoms with Gasteiger partial charge in [-0.3, -0.25) is 14.5 Å². The van der Waals surface area contributed by atoms with E-state index in [0.717, 1.165) is 12.8 Å². The molecule has 6 heteroatoms. The second kappa shape index (κ2) is 8.68. The summed E-state index contributed by atoms with van der Waals surface area (Å²) in [6.45, 7) is 2.67. The van der Waals surface area contributed by atoms with Gasteiger partial charge in [-0.05, 0) is 43.7 Å². The fourth-order valence-electron chi connectivity index (χ4n) is 3.30. The molecule has 2 N–H and O–H groups in total. The molecule has 1 amide bonds. The monoisotopic (exact) mass is 368 g/mol. The SMILES string of the molecule is CCN(CC(=O)O)C1CC(NC(=O)c2ccccc2Oc2ccccc2)C1. The summed E-state index contributed by atoms with van der Waals surface area (Å²) < 4.78 is 5.85. The molecule has 0 radical (unpaired) electrons. The average Bonchev–Trinajstić information content (AvgIpc) is 2.63. The van der Waals surface area contributed by atoms with Gasteiger partial charge in [-0.1, -0.05) is 37.3 Å². The van der Waals surface area contributed by atoms with Crippen LogP contribution < -0.4 is 10.1 Å². The van der Waals surface area contributed by atoms with Crippen molar-refractivity contribution in [3.8, 4) is 11.5 Å². The lowest BCUT2D eigenvalue weighted by atomic mass is 9.85. The summed E-state index contributed by atoms with van der Waals surface area (Å²) >= 11 is 0. The average molecular weight is 368 g/mol. The minimum Gasteiger partial charge on any atom is -0.480 e. The molecule has 0 spiro atoms. The summed E-state index contributed by atoms with van der Waals surface area (Å²) in [6.07, 6.45) is 1.52. The molecule has 0 atom stereocenters. The van der Waals surface area contributed by atoms with Crippen molar-refractivity contribution in [1.82, 2.24) is 10.2 Å². The Bertz CT molecular complexity index is 788. The summed E-state index contributed by atoms with van der Waals surface area (Å²) in [5.74, 6) is 0.189. The summed E-state index contributed by atoms with van der Waals surface area (Å²) in [5, 5.41) is 12.0. The Hall–Kier alpha value is -2.86. The molecule has 1 fully saturated rings. The van der Waals surface area contributed by atoms with Gasteiger partial charge >= 0.3 is 5.97 Å². The lowest BCUT2D eigenvalue weighted by molar-refractivity contribution is -0.139. The van der Waals surface area contributed by atoms with E-state index in [-0.39, 0.29) is 24.5 Å². The number of likely N-dealkylation sites (N-methyl/N-ethyl adjacent to an activating group) is 1. The number of benzene rings is 2. The van der Waals surface area contributed by atoms with Crippen molar-refractivity contribution in [2.24, 2.45) is 0 Å². The Balaban J connectivity index is 1.59. The van der Waals surface area contributed by atoms with Crippen LogP contribution in [0.25, 0.3) is 0 Å². The van der Waals surface area contributed by atoms with E-state index >= 15 is 0 Å². The molecular weight excluding hydrogens is 344 g/mol. The molecule has 142 valence electrons. The summed E-state index contributed by atoms with van der Waals surface area (Å²) in [7, 11) is 0. The van der Waals surface area contributed by atoms with Crippen molar-refractivity contribution < 1.29 is 19.4 Å². The number of para-hydroxylation sites is 2. The Morgan fingerprint density at radius 1 is 1.11 bits per heavy atom. The van der Waals surface area contributed by atoms with Crippen molar-refractivity contribution in [3.63, 3.8) is 0 Å². The van der Waals surface area contributed by atoms with E-state index in [9.17, 15) is 9.59 Å². The van der Waals surface area contributed by atoms with E-state index in [0.29, 0.717) is 23.6 Å². The summed E-state index contributed by atoms with van der Waals surface area (Å²) in [5.41, 5.74) is 0.489. The molecule has 2 aromatic carbocycles. The number of carbonyl (C=O) groups excluding carboxylic acids is 1. The number of nitrogens with one attached hydrogen (secondary N) is 1. The number of amides is 1. The number of carboxylic acids is 1. The highest BCUT2D eigenvalue weighted by atomic mass is 16.5. The van der Waals surface area contributed by atoms with E-state index in [1.807, 2.05) is 54.3 Å². The Morgan fingerprint density at radius 3 is 2.44 bits per heavy atom. The van der Waals surface area contributed by atoms with Crippen LogP contribution in [-0.4, -0.2) is 47.1 Å². The van der Waals surface area contributed by atoms with E-state index in [1.54, 1.807) is 12.1 Å². The van der Waals surface area contributed by atoms with Gasteiger partial charge < -0.3 is 15.2 Å². The number of carboxylic acid groups (broad SMARTS) is 1. The minimum atomic E-state index is -0.823. The maximum absolute atomic E-state index is 12.7. The van der Waals surface area contributed by atoms with Crippen molar-refractivity contribution >= 4 is 11.9 Å². The number of hydrogen-bond donors (Lipinski definition) is 2. The summed E-state index contributed by atoms with van der Waals surface area (Å²) in [4.78, 5) is 25.5. The zero-order chi connectivity index (χ0) is 19.2. The predicted molar refractivity (Wildman–Crippen MR) is 102 cm³/mol. The Labute approximate surface area is 158 Å². The van der Waals surface area contributed by atoms with E-state index in [4.69, 9.17) is 9.84 Å². The summed E-state index contributed by atoms with van der Waals surface area (Å²) in [6, 6.07) is 16.8. The van der Waals surface area contributed by atoms with Gasteiger partial charge in [-0.2, -0.15) is 0 Å². The third-order valence-electron chi connectivity index (χ3n) is 4.81. The first-order valence-corrected chi connectivity index (χ1v) is 9.15. The molecule has 1 saturated carbocycles. The zero-order valence-corrected chi connectivity index (χ0v) is 15.3. The Kier molecular flexibility index (Phi) is 6.08. The minimum absolute atomic E-state index is 0.0373. The van der Waals surface area contributed by atoms with Gasteiger partial charge in [0.2, 0.25) is 0 Å². The lowest BCUT2D eigenvalue weighted by Gasteiger charge is -2.42. The highest BCUT2D eigenvalue weighted by molar-refractivity contribution is 5.97. The predicted octanol–water partition coefficient (Wildman–Crippen LogP) is 3.15. The van der Waals surface area contributed by atoms with Gasteiger partial charge in [0.1, 0.15) is 11.5 Å². The molecule has 0 heterocycles. The standard InChI is InChI=1S/C21H24N2O4/c1-2-23(14-20(24)25)16-12-15(13-16)22-21(26)18-10-6-7-11-19(18)27-17-8-4-3-5-9-17/h3-11,15-16H,2,12-14H2,1H3,(H,22,26)(H,24,25). The van der Waals surface area contributed by atoms with Crippen LogP contribution in [0.2, 0.25) is 0 Å². The third-order valence-corrected chi connectivity index (χ3v) is 4.81. The van der Waals surface area contributed by atoms with Gasteiger partial charge in [0.25, 0.3) is 5.91 Å². The Morgan fingerprint density at radius 2 is 1.78 bits per heavy atom. The maximum Gasteiger partial charge on any atom is 0.317 e. The molecule has 27 heavy (non-hydrogen) atoms. The second-order valence-electron chi connectivity index (χ2n) is 6.66. The second-order valence-corrected chi connectivity index (χ2v) is 6.66. The smallest absolute Gasteiger partial charge is 0.317 e. The van der Waals surface area contributed by atoms with E-state index in [2.05, 4.69) is 5.32 Å². The van der Waals surface area contributed by atoms with Crippen LogP contribution in [0.3, 0.4) is 0 Å². The number of rotatable bonds is 8. The van der Waals surface area contributed by atoms with Gasteiger partial charge in [-0.15, -0.1) is 0 Å². The first kappa shape index (κ1) is 18.9. The molecule has 0 aliphatic heterocycles. The molecule has 1 aliphatic carbocycles. The van der Waals surface area contributed by atoms with Crippen LogP contribution in [0.15, 0.2) is 54.6 Å². The van der Waals surface area contributed by atoms with E-state index in [1.165, 1.54) is 0 Å². The first-order valence-electron chi connectivity index (χ1n) is 9.15. The highest BCUT2D eigenvalue weighted by Crippen LogP contribution is 2.28. The first-order chi connectivity index (χ1) is 13.1. The van der Waals surface area contributed by atoms with Crippen molar-refractivity contribution in [2.45, 2.75) is 31.8 Å². The van der Waals surface area contributed by atoms with Gasteiger partial charge in [0.15, 0.2) is 0 Å². The van der Waals surface area contributed by atoms with Crippen molar-refractivity contribution in [1.29, 1.82) is 0 Å². The molecular formula is C21H24N2O4. The fraction of sp³-hybridized carbons (Fsp3) is 0.333. The number of nitrogens with zero attached hydrogens (tertiary/aromatic N) is 1. The van der Waals surface area contributed by atoms with Crippen LogP contribution in [0.1, 0.15) is 30.1 Å².